The van der Waals surface area contributed by atoms with Gasteiger partial charge in [-0.15, -0.1) is 0 Å². The average molecular weight is 385 g/mol. The van der Waals surface area contributed by atoms with Gasteiger partial charge in [-0.25, -0.2) is 14.3 Å². The Morgan fingerprint density at radius 3 is 2.48 bits per heavy atom. The molecule has 0 saturated heterocycles. The molecule has 0 bridgehead atoms. The van der Waals surface area contributed by atoms with Crippen LogP contribution < -0.4 is 4.74 Å². The Bertz CT molecular complexity index is 876. The lowest BCUT2D eigenvalue weighted by Gasteiger charge is -2.10. The summed E-state index contributed by atoms with van der Waals surface area (Å²) < 4.78 is 45.5. The number of rotatable bonds is 1. The highest BCUT2D eigenvalue weighted by Crippen LogP contribution is 2.32. The third-order valence-electron chi connectivity index (χ3n) is 3.00. The van der Waals surface area contributed by atoms with Gasteiger partial charge in [0.05, 0.1) is 11.0 Å². The molecule has 0 radical (unpaired) electrons. The summed E-state index contributed by atoms with van der Waals surface area (Å²) >= 11 is 3.16. The van der Waals surface area contributed by atoms with Crippen LogP contribution in [-0.4, -0.2) is 15.6 Å². The first kappa shape index (κ1) is 15.5. The van der Waals surface area contributed by atoms with Gasteiger partial charge in [-0.3, -0.25) is 0 Å². The molecule has 118 valence electrons. The number of ether oxygens (including phenoxy) is 1. The largest absolute Gasteiger partial charge is 0.450 e. The van der Waals surface area contributed by atoms with Crippen molar-refractivity contribution in [2.45, 2.75) is 6.18 Å². The van der Waals surface area contributed by atoms with Crippen LogP contribution in [0.3, 0.4) is 0 Å². The summed E-state index contributed by atoms with van der Waals surface area (Å²) in [5, 5.41) is 0. The smallest absolute Gasteiger partial charge is 0.410 e. The van der Waals surface area contributed by atoms with Crippen LogP contribution in [0.4, 0.5) is 18.0 Å². The molecule has 0 N–H and O–H groups in total. The first-order valence-corrected chi connectivity index (χ1v) is 7.18. The van der Waals surface area contributed by atoms with Crippen LogP contribution in [0.1, 0.15) is 5.82 Å². The average Bonchev–Trinajstić information content (AvgIpc) is 2.87. The van der Waals surface area contributed by atoms with Crippen molar-refractivity contribution >= 4 is 33.1 Å². The number of halogens is 4. The molecule has 3 rings (SSSR count). The second kappa shape index (κ2) is 5.69. The summed E-state index contributed by atoms with van der Waals surface area (Å²) in [5.41, 5.74) is 0.0539. The van der Waals surface area contributed by atoms with Crippen molar-refractivity contribution in [1.29, 1.82) is 0 Å². The van der Waals surface area contributed by atoms with Gasteiger partial charge in [0.25, 0.3) is 0 Å². The van der Waals surface area contributed by atoms with Crippen LogP contribution in [0.15, 0.2) is 53.0 Å². The number of nitrogens with zero attached hydrogens (tertiary/aromatic N) is 2. The molecular weight excluding hydrogens is 377 g/mol. The SMILES string of the molecule is O=C(Oc1ccccc1)n1c(C(F)(F)F)nc2cc(Br)ccc21. The molecule has 1 aromatic heterocycles. The summed E-state index contributed by atoms with van der Waals surface area (Å²) in [5.74, 6) is -1.18. The van der Waals surface area contributed by atoms with Gasteiger partial charge in [0.1, 0.15) is 5.75 Å². The standard InChI is InChI=1S/C15H8BrF3N2O2/c16-9-6-7-12-11(8-9)20-13(15(17,18)19)21(12)14(22)23-10-4-2-1-3-5-10/h1-8H. The number of fused-ring (bicyclic) bond motifs is 1. The van der Waals surface area contributed by atoms with Crippen LogP contribution in [0, 0.1) is 0 Å². The number of alkyl halides is 3. The van der Waals surface area contributed by atoms with E-state index in [1.54, 1.807) is 18.2 Å². The van der Waals surface area contributed by atoms with E-state index in [-0.39, 0.29) is 16.8 Å². The molecule has 0 atom stereocenters. The predicted octanol–water partition coefficient (Wildman–Crippen LogP) is 4.86. The Hall–Kier alpha value is -2.35. The molecule has 3 aromatic rings. The van der Waals surface area contributed by atoms with E-state index < -0.39 is 18.1 Å². The minimum Gasteiger partial charge on any atom is -0.410 e. The molecule has 0 aliphatic rings. The van der Waals surface area contributed by atoms with Crippen molar-refractivity contribution in [2.24, 2.45) is 0 Å². The molecule has 1 heterocycles. The third-order valence-corrected chi connectivity index (χ3v) is 3.49. The van der Waals surface area contributed by atoms with E-state index in [9.17, 15) is 18.0 Å². The second-order valence-corrected chi connectivity index (χ2v) is 5.50. The van der Waals surface area contributed by atoms with Crippen molar-refractivity contribution in [2.75, 3.05) is 0 Å². The zero-order valence-electron chi connectivity index (χ0n) is 11.3. The topological polar surface area (TPSA) is 44.1 Å². The minimum absolute atomic E-state index is 0.0152. The van der Waals surface area contributed by atoms with Crippen LogP contribution >= 0.6 is 15.9 Å². The minimum atomic E-state index is -4.79. The summed E-state index contributed by atoms with van der Waals surface area (Å²) in [7, 11) is 0. The number of carbonyl (C=O) groups excluding carboxylic acids is 1. The Balaban J connectivity index is 2.12. The number of hydrogen-bond donors (Lipinski definition) is 0. The van der Waals surface area contributed by atoms with E-state index in [2.05, 4.69) is 20.9 Å². The quantitative estimate of drug-likeness (QED) is 0.601. The summed E-state index contributed by atoms with van der Waals surface area (Å²) in [6.07, 6.45) is -5.96. The van der Waals surface area contributed by atoms with Crippen molar-refractivity contribution < 1.29 is 22.7 Å². The lowest BCUT2D eigenvalue weighted by molar-refractivity contribution is -0.145. The van der Waals surface area contributed by atoms with Gasteiger partial charge in [0.2, 0.25) is 5.82 Å². The summed E-state index contributed by atoms with van der Waals surface area (Å²) in [6, 6.07) is 12.2. The molecule has 0 fully saturated rings. The van der Waals surface area contributed by atoms with Crippen molar-refractivity contribution in [3.8, 4) is 5.75 Å². The van der Waals surface area contributed by atoms with Crippen molar-refractivity contribution in [1.82, 2.24) is 9.55 Å². The number of carbonyl (C=O) groups is 1. The van der Waals surface area contributed by atoms with Gasteiger partial charge in [-0.2, -0.15) is 13.2 Å². The molecule has 23 heavy (non-hydrogen) atoms. The van der Waals surface area contributed by atoms with E-state index in [0.717, 1.165) is 0 Å². The lowest BCUT2D eigenvalue weighted by Crippen LogP contribution is -2.24. The zero-order valence-corrected chi connectivity index (χ0v) is 12.9. The number of hydrogen-bond acceptors (Lipinski definition) is 3. The fourth-order valence-corrected chi connectivity index (χ4v) is 2.41. The van der Waals surface area contributed by atoms with Crippen LogP contribution in [0.5, 0.6) is 5.75 Å². The zero-order chi connectivity index (χ0) is 16.6. The number of imidazole rings is 1. The maximum absolute atomic E-state index is 13.2. The van der Waals surface area contributed by atoms with Gasteiger partial charge in [0, 0.05) is 4.47 Å². The summed E-state index contributed by atoms with van der Waals surface area (Å²) in [4.78, 5) is 15.7. The lowest BCUT2D eigenvalue weighted by atomic mass is 10.3. The molecule has 0 amide bonds. The van der Waals surface area contributed by atoms with Crippen LogP contribution in [0.25, 0.3) is 11.0 Å². The molecular formula is C15H8BrF3N2O2. The second-order valence-electron chi connectivity index (χ2n) is 4.58. The van der Waals surface area contributed by atoms with Gasteiger partial charge in [-0.05, 0) is 30.3 Å². The first-order chi connectivity index (χ1) is 10.9. The van der Waals surface area contributed by atoms with Gasteiger partial charge < -0.3 is 4.74 Å². The highest BCUT2D eigenvalue weighted by Gasteiger charge is 2.40. The maximum Gasteiger partial charge on any atom is 0.450 e. The van der Waals surface area contributed by atoms with E-state index >= 15 is 0 Å². The highest BCUT2D eigenvalue weighted by atomic mass is 79.9. The molecule has 4 nitrogen and oxygen atoms in total. The maximum atomic E-state index is 13.2. The van der Waals surface area contributed by atoms with Gasteiger partial charge in [0.15, 0.2) is 0 Å². The predicted molar refractivity (Wildman–Crippen MR) is 80.3 cm³/mol. The van der Waals surface area contributed by atoms with Crippen molar-refractivity contribution in [3.05, 3.63) is 58.8 Å². The molecule has 0 spiro atoms. The number of aromatic nitrogens is 2. The van der Waals surface area contributed by atoms with E-state index in [1.165, 1.54) is 30.3 Å². The highest BCUT2D eigenvalue weighted by molar-refractivity contribution is 9.10. The number of para-hydroxylation sites is 1. The van der Waals surface area contributed by atoms with E-state index in [4.69, 9.17) is 4.74 Å². The normalized spacial score (nSPS) is 11.7. The molecule has 0 saturated carbocycles. The van der Waals surface area contributed by atoms with E-state index in [1.807, 2.05) is 0 Å². The fourth-order valence-electron chi connectivity index (χ4n) is 2.06. The Kier molecular flexibility index (Phi) is 3.85. The Morgan fingerprint density at radius 2 is 1.83 bits per heavy atom. The third kappa shape index (κ3) is 3.07. The molecule has 2 aromatic carbocycles. The monoisotopic (exact) mass is 384 g/mol. The molecule has 0 aliphatic carbocycles. The molecule has 0 unspecified atom stereocenters. The molecule has 0 aliphatic heterocycles. The van der Waals surface area contributed by atoms with Crippen molar-refractivity contribution in [3.63, 3.8) is 0 Å². The summed E-state index contributed by atoms with van der Waals surface area (Å²) in [6.45, 7) is 0. The van der Waals surface area contributed by atoms with Crippen LogP contribution in [0.2, 0.25) is 0 Å². The number of benzene rings is 2. The Labute approximate surface area is 136 Å². The molecule has 8 heteroatoms. The van der Waals surface area contributed by atoms with Crippen LogP contribution in [-0.2, 0) is 6.18 Å². The van der Waals surface area contributed by atoms with Gasteiger partial charge in [-0.1, -0.05) is 34.1 Å². The van der Waals surface area contributed by atoms with Gasteiger partial charge >= 0.3 is 12.3 Å². The Morgan fingerprint density at radius 1 is 1.13 bits per heavy atom. The fraction of sp³-hybridized carbons (Fsp3) is 0.0667. The first-order valence-electron chi connectivity index (χ1n) is 6.39. The van der Waals surface area contributed by atoms with E-state index in [0.29, 0.717) is 9.04 Å².